The highest BCUT2D eigenvalue weighted by atomic mass is 16.3. The summed E-state index contributed by atoms with van der Waals surface area (Å²) in [5.41, 5.74) is 4.07. The first kappa shape index (κ1) is 15.1. The summed E-state index contributed by atoms with van der Waals surface area (Å²) in [7, 11) is 0. The standard InChI is InChI=1S/C19H28O2/c1-13-5-8-16(20)10-14(13)6-7-15-11-17(21)12-19(2)9-3-4-18(15)19/h6-7,16-18,20-21H,1,3-5,8-12H2,2H3/t16-,17+,18+,19+/m1/s1. The summed E-state index contributed by atoms with van der Waals surface area (Å²) >= 11 is 0. The van der Waals surface area contributed by atoms with Gasteiger partial charge in [0, 0.05) is 0 Å². The van der Waals surface area contributed by atoms with E-state index in [0.717, 1.165) is 32.1 Å². The van der Waals surface area contributed by atoms with E-state index in [0.29, 0.717) is 11.3 Å². The number of hydrogen-bond donors (Lipinski definition) is 2. The van der Waals surface area contributed by atoms with Crippen molar-refractivity contribution in [3.63, 3.8) is 0 Å². The van der Waals surface area contributed by atoms with Gasteiger partial charge in [0.25, 0.3) is 0 Å². The summed E-state index contributed by atoms with van der Waals surface area (Å²) in [6.07, 6.45) is 12.0. The van der Waals surface area contributed by atoms with Gasteiger partial charge in [0.2, 0.25) is 0 Å². The summed E-state index contributed by atoms with van der Waals surface area (Å²) < 4.78 is 0. The summed E-state index contributed by atoms with van der Waals surface area (Å²) in [6, 6.07) is 0. The van der Waals surface area contributed by atoms with E-state index in [1.807, 2.05) is 0 Å². The van der Waals surface area contributed by atoms with Crippen molar-refractivity contribution in [2.45, 2.75) is 70.5 Å². The van der Waals surface area contributed by atoms with Gasteiger partial charge in [-0.15, -0.1) is 0 Å². The van der Waals surface area contributed by atoms with Crippen LogP contribution in [0.5, 0.6) is 0 Å². The Balaban J connectivity index is 1.82. The Kier molecular flexibility index (Phi) is 4.11. The smallest absolute Gasteiger partial charge is 0.0583 e. The molecule has 0 saturated heterocycles. The number of fused-ring (bicyclic) bond motifs is 1. The first-order valence-electron chi connectivity index (χ1n) is 8.42. The summed E-state index contributed by atoms with van der Waals surface area (Å²) in [4.78, 5) is 0. The first-order valence-corrected chi connectivity index (χ1v) is 8.42. The fourth-order valence-electron chi connectivity index (χ4n) is 4.71. The molecule has 3 aliphatic rings. The highest BCUT2D eigenvalue weighted by molar-refractivity contribution is 5.36. The minimum Gasteiger partial charge on any atom is -0.393 e. The van der Waals surface area contributed by atoms with Crippen molar-refractivity contribution >= 4 is 0 Å². The van der Waals surface area contributed by atoms with Crippen LogP contribution >= 0.6 is 0 Å². The molecule has 21 heavy (non-hydrogen) atoms. The van der Waals surface area contributed by atoms with E-state index >= 15 is 0 Å². The molecule has 4 atom stereocenters. The van der Waals surface area contributed by atoms with Gasteiger partial charge >= 0.3 is 0 Å². The molecule has 3 rings (SSSR count). The molecular formula is C19H28O2. The monoisotopic (exact) mass is 288 g/mol. The molecule has 2 N–H and O–H groups in total. The summed E-state index contributed by atoms with van der Waals surface area (Å²) in [6.45, 7) is 6.48. The van der Waals surface area contributed by atoms with Crippen molar-refractivity contribution in [3.05, 3.63) is 35.5 Å². The number of hydrogen-bond acceptors (Lipinski definition) is 2. The molecule has 116 valence electrons. The average molecular weight is 288 g/mol. The second-order valence-corrected chi connectivity index (χ2v) is 7.59. The van der Waals surface area contributed by atoms with Gasteiger partial charge in [-0.3, -0.25) is 0 Å². The van der Waals surface area contributed by atoms with Gasteiger partial charge in [0.1, 0.15) is 0 Å². The Morgan fingerprint density at radius 2 is 1.95 bits per heavy atom. The van der Waals surface area contributed by atoms with E-state index in [-0.39, 0.29) is 12.2 Å². The molecule has 0 amide bonds. The minimum atomic E-state index is -0.214. The van der Waals surface area contributed by atoms with Gasteiger partial charge in [-0.2, -0.15) is 0 Å². The largest absolute Gasteiger partial charge is 0.393 e. The topological polar surface area (TPSA) is 40.5 Å². The summed E-state index contributed by atoms with van der Waals surface area (Å²) in [5, 5.41) is 20.0. The number of rotatable bonds is 1. The predicted molar refractivity (Wildman–Crippen MR) is 85.9 cm³/mol. The van der Waals surface area contributed by atoms with E-state index in [2.05, 4.69) is 25.7 Å². The van der Waals surface area contributed by atoms with Gasteiger partial charge in [-0.1, -0.05) is 43.2 Å². The van der Waals surface area contributed by atoms with E-state index in [4.69, 9.17) is 0 Å². The van der Waals surface area contributed by atoms with E-state index < -0.39 is 0 Å². The molecule has 2 heteroatoms. The van der Waals surface area contributed by atoms with Crippen molar-refractivity contribution in [1.29, 1.82) is 0 Å². The van der Waals surface area contributed by atoms with Crippen LogP contribution in [-0.2, 0) is 0 Å². The lowest BCUT2D eigenvalue weighted by atomic mass is 9.66. The van der Waals surface area contributed by atoms with Crippen LogP contribution in [0.3, 0.4) is 0 Å². The normalized spacial score (nSPS) is 44.3. The second kappa shape index (κ2) is 5.73. The maximum Gasteiger partial charge on any atom is 0.0583 e. The van der Waals surface area contributed by atoms with Crippen LogP contribution in [0.4, 0.5) is 0 Å². The molecule has 0 aromatic heterocycles. The van der Waals surface area contributed by atoms with Crippen molar-refractivity contribution in [1.82, 2.24) is 0 Å². The van der Waals surface area contributed by atoms with Crippen molar-refractivity contribution < 1.29 is 10.2 Å². The Hall–Kier alpha value is -0.860. The SMILES string of the molecule is C=C1CC[C@@H](O)CC1=CC=C1C[C@H](O)C[C@]2(C)CCC[C@@H]12. The van der Waals surface area contributed by atoms with Gasteiger partial charge in [-0.05, 0) is 61.9 Å². The Morgan fingerprint density at radius 1 is 1.14 bits per heavy atom. The molecular weight excluding hydrogens is 260 g/mol. The predicted octanol–water partition coefficient (Wildman–Crippen LogP) is 3.90. The third-order valence-corrected chi connectivity index (χ3v) is 5.89. The van der Waals surface area contributed by atoms with Crippen LogP contribution in [-0.4, -0.2) is 22.4 Å². The zero-order chi connectivity index (χ0) is 15.0. The molecule has 0 bridgehead atoms. The summed E-state index contributed by atoms with van der Waals surface area (Å²) in [5.74, 6) is 0.638. The lowest BCUT2D eigenvalue weighted by molar-refractivity contribution is 0.0605. The lowest BCUT2D eigenvalue weighted by Crippen LogP contribution is -2.34. The van der Waals surface area contributed by atoms with Gasteiger partial charge < -0.3 is 10.2 Å². The first-order chi connectivity index (χ1) is 9.98. The molecule has 2 nitrogen and oxygen atoms in total. The third kappa shape index (κ3) is 3.02. The Labute approximate surface area is 128 Å². The zero-order valence-corrected chi connectivity index (χ0v) is 13.1. The molecule has 0 spiro atoms. The van der Waals surface area contributed by atoms with Crippen molar-refractivity contribution in [2.75, 3.05) is 0 Å². The van der Waals surface area contributed by atoms with E-state index in [1.54, 1.807) is 0 Å². The molecule has 0 aliphatic heterocycles. The Morgan fingerprint density at radius 3 is 2.76 bits per heavy atom. The molecule has 0 aromatic rings. The number of allylic oxidation sites excluding steroid dienone is 3. The molecule has 0 aromatic carbocycles. The third-order valence-electron chi connectivity index (χ3n) is 5.89. The number of aliphatic hydroxyl groups is 2. The maximum absolute atomic E-state index is 10.2. The molecule has 3 aliphatic carbocycles. The highest BCUT2D eigenvalue weighted by Crippen LogP contribution is 2.54. The van der Waals surface area contributed by atoms with E-state index in [1.165, 1.54) is 36.0 Å². The zero-order valence-electron chi connectivity index (χ0n) is 13.1. The molecule has 3 fully saturated rings. The number of aliphatic hydroxyl groups excluding tert-OH is 2. The van der Waals surface area contributed by atoms with Gasteiger partial charge in [-0.25, -0.2) is 0 Å². The van der Waals surface area contributed by atoms with Crippen molar-refractivity contribution in [3.8, 4) is 0 Å². The second-order valence-electron chi connectivity index (χ2n) is 7.59. The molecule has 0 heterocycles. The van der Waals surface area contributed by atoms with Crippen LogP contribution in [0, 0.1) is 11.3 Å². The van der Waals surface area contributed by atoms with Crippen LogP contribution in [0.25, 0.3) is 0 Å². The fourth-order valence-corrected chi connectivity index (χ4v) is 4.71. The lowest BCUT2D eigenvalue weighted by Gasteiger charge is -2.40. The quantitative estimate of drug-likeness (QED) is 0.768. The fraction of sp³-hybridized carbons (Fsp3) is 0.684. The highest BCUT2D eigenvalue weighted by Gasteiger charge is 2.45. The van der Waals surface area contributed by atoms with Crippen LogP contribution in [0.1, 0.15) is 58.3 Å². The molecule has 0 radical (unpaired) electrons. The molecule has 0 unspecified atom stereocenters. The molecule has 3 saturated carbocycles. The van der Waals surface area contributed by atoms with E-state index in [9.17, 15) is 10.2 Å². The van der Waals surface area contributed by atoms with Crippen molar-refractivity contribution in [2.24, 2.45) is 11.3 Å². The minimum absolute atomic E-state index is 0.186. The van der Waals surface area contributed by atoms with Crippen LogP contribution in [0.2, 0.25) is 0 Å². The Bertz CT molecular complexity index is 488. The maximum atomic E-state index is 10.2. The van der Waals surface area contributed by atoms with Gasteiger partial charge in [0.05, 0.1) is 12.2 Å². The van der Waals surface area contributed by atoms with Crippen LogP contribution < -0.4 is 0 Å². The van der Waals surface area contributed by atoms with Crippen LogP contribution in [0.15, 0.2) is 35.5 Å². The van der Waals surface area contributed by atoms with Gasteiger partial charge in [0.15, 0.2) is 0 Å². The average Bonchev–Trinajstić information content (AvgIpc) is 2.80.